The molecule has 2 aromatic rings. The molecule has 2 N–H and O–H groups in total. The molecule has 1 saturated carbocycles. The summed E-state index contributed by atoms with van der Waals surface area (Å²) in [4.78, 5) is 39.3. The van der Waals surface area contributed by atoms with Gasteiger partial charge in [0.15, 0.2) is 0 Å². The number of carbonyl (C=O) groups excluding carboxylic acids is 2. The van der Waals surface area contributed by atoms with Gasteiger partial charge >= 0.3 is 12.1 Å². The van der Waals surface area contributed by atoms with Gasteiger partial charge in [0.05, 0.1) is 0 Å². The number of rotatable bonds is 5. The molecule has 3 atom stereocenters. The molecule has 2 aromatic carbocycles. The van der Waals surface area contributed by atoms with Crippen LogP contribution in [-0.2, 0) is 14.3 Å². The van der Waals surface area contributed by atoms with Crippen molar-refractivity contribution in [1.29, 1.82) is 0 Å². The first-order chi connectivity index (χ1) is 16.9. The van der Waals surface area contributed by atoms with Gasteiger partial charge in [-0.05, 0) is 67.7 Å². The molecule has 2 fully saturated rings. The van der Waals surface area contributed by atoms with Crippen LogP contribution in [0.5, 0.6) is 0 Å². The van der Waals surface area contributed by atoms with Crippen LogP contribution >= 0.6 is 0 Å². The number of aliphatic carboxylic acids is 1. The molecule has 2 amide bonds. The van der Waals surface area contributed by atoms with Crippen LogP contribution in [-0.4, -0.2) is 52.7 Å². The summed E-state index contributed by atoms with van der Waals surface area (Å²) >= 11 is 0. The fourth-order valence-electron chi connectivity index (χ4n) is 6.06. The second-order valence-corrected chi connectivity index (χ2v) is 10.2. The highest BCUT2D eigenvalue weighted by Crippen LogP contribution is 2.44. The van der Waals surface area contributed by atoms with Gasteiger partial charge in [0, 0.05) is 24.4 Å². The highest BCUT2D eigenvalue weighted by Gasteiger charge is 2.46. The minimum Gasteiger partial charge on any atom is -0.480 e. The topological polar surface area (TPSA) is 95.9 Å². The zero-order chi connectivity index (χ0) is 24.6. The average Bonchev–Trinajstić information content (AvgIpc) is 3.45. The fourth-order valence-corrected chi connectivity index (χ4v) is 6.06. The lowest BCUT2D eigenvalue weighted by Crippen LogP contribution is -2.58. The van der Waals surface area contributed by atoms with Crippen LogP contribution in [0.1, 0.15) is 62.5 Å². The second kappa shape index (κ2) is 9.36. The van der Waals surface area contributed by atoms with Crippen molar-refractivity contribution < 1.29 is 24.2 Å². The molecule has 1 aliphatic heterocycles. The molecule has 0 bridgehead atoms. The van der Waals surface area contributed by atoms with E-state index in [1.54, 1.807) is 11.8 Å². The van der Waals surface area contributed by atoms with Gasteiger partial charge in [0.25, 0.3) is 0 Å². The number of likely N-dealkylation sites (tertiary alicyclic amines) is 1. The van der Waals surface area contributed by atoms with Crippen molar-refractivity contribution in [2.45, 2.75) is 62.9 Å². The molecule has 1 unspecified atom stereocenters. The Morgan fingerprint density at radius 2 is 1.69 bits per heavy atom. The molecule has 5 rings (SSSR count). The Morgan fingerprint density at radius 3 is 2.34 bits per heavy atom. The molecule has 0 aromatic heterocycles. The molecular formula is C28H32N2O5. The van der Waals surface area contributed by atoms with Crippen LogP contribution in [0.2, 0.25) is 0 Å². The minimum atomic E-state index is -1.15. The maximum absolute atomic E-state index is 13.2. The minimum absolute atomic E-state index is 0.00106. The maximum Gasteiger partial charge on any atom is 0.407 e. The number of ether oxygens (including phenoxy) is 1. The number of benzene rings is 2. The Hall–Kier alpha value is -3.35. The summed E-state index contributed by atoms with van der Waals surface area (Å²) in [5, 5.41) is 12.7. The third kappa shape index (κ3) is 4.28. The molecule has 184 valence electrons. The normalized spacial score (nSPS) is 25.6. The highest BCUT2D eigenvalue weighted by molar-refractivity contribution is 5.88. The summed E-state index contributed by atoms with van der Waals surface area (Å²) in [7, 11) is 0. The third-order valence-corrected chi connectivity index (χ3v) is 8.07. The molecule has 0 spiro atoms. The SMILES string of the molecule is CC1(C(=O)O)CCCCN1C(=O)[C@@H]1CC[C@H](NC(=O)OCC2c3ccccc3-c3ccccc32)C1. The van der Waals surface area contributed by atoms with E-state index in [9.17, 15) is 19.5 Å². The molecular weight excluding hydrogens is 444 g/mol. The summed E-state index contributed by atoms with van der Waals surface area (Å²) < 4.78 is 5.66. The predicted molar refractivity (Wildman–Crippen MR) is 131 cm³/mol. The van der Waals surface area contributed by atoms with E-state index in [1.165, 1.54) is 11.1 Å². The second-order valence-electron chi connectivity index (χ2n) is 10.2. The third-order valence-electron chi connectivity index (χ3n) is 8.07. The summed E-state index contributed by atoms with van der Waals surface area (Å²) in [6.45, 7) is 2.37. The van der Waals surface area contributed by atoms with Crippen LogP contribution in [0, 0.1) is 5.92 Å². The van der Waals surface area contributed by atoms with Gasteiger partial charge in [-0.15, -0.1) is 0 Å². The highest BCUT2D eigenvalue weighted by atomic mass is 16.5. The first kappa shape index (κ1) is 23.4. The number of nitrogens with one attached hydrogen (secondary N) is 1. The van der Waals surface area contributed by atoms with Gasteiger partial charge < -0.3 is 20.1 Å². The number of carboxylic acid groups (broad SMARTS) is 1. The molecule has 2 aliphatic carbocycles. The van der Waals surface area contributed by atoms with Crippen LogP contribution < -0.4 is 5.32 Å². The van der Waals surface area contributed by atoms with Crippen LogP contribution in [0.15, 0.2) is 48.5 Å². The lowest BCUT2D eigenvalue weighted by molar-refractivity contribution is -0.162. The van der Waals surface area contributed by atoms with E-state index in [0.29, 0.717) is 32.2 Å². The Morgan fingerprint density at radius 1 is 1.03 bits per heavy atom. The van der Waals surface area contributed by atoms with Gasteiger partial charge in [0.2, 0.25) is 5.91 Å². The Bertz CT molecular complexity index is 1100. The van der Waals surface area contributed by atoms with Crippen LogP contribution in [0.3, 0.4) is 0 Å². The van der Waals surface area contributed by atoms with Gasteiger partial charge in [0.1, 0.15) is 12.1 Å². The van der Waals surface area contributed by atoms with Crippen molar-refractivity contribution in [2.24, 2.45) is 5.92 Å². The number of hydrogen-bond acceptors (Lipinski definition) is 4. The van der Waals surface area contributed by atoms with Crippen molar-refractivity contribution in [3.63, 3.8) is 0 Å². The van der Waals surface area contributed by atoms with E-state index in [1.807, 2.05) is 24.3 Å². The van der Waals surface area contributed by atoms with Crippen molar-refractivity contribution in [2.75, 3.05) is 13.2 Å². The zero-order valence-electron chi connectivity index (χ0n) is 20.0. The number of piperidine rings is 1. The number of carbonyl (C=O) groups is 3. The van der Waals surface area contributed by atoms with Gasteiger partial charge in [-0.3, -0.25) is 4.79 Å². The first-order valence-corrected chi connectivity index (χ1v) is 12.5. The number of nitrogens with zero attached hydrogens (tertiary/aromatic N) is 1. The lowest BCUT2D eigenvalue weighted by Gasteiger charge is -2.42. The number of fused-ring (bicyclic) bond motifs is 3. The van der Waals surface area contributed by atoms with Crippen LogP contribution in [0.25, 0.3) is 11.1 Å². The summed E-state index contributed by atoms with van der Waals surface area (Å²) in [5.41, 5.74) is 3.54. The number of carboxylic acids is 1. The van der Waals surface area contributed by atoms with E-state index in [4.69, 9.17) is 4.74 Å². The monoisotopic (exact) mass is 476 g/mol. The number of amides is 2. The average molecular weight is 477 g/mol. The first-order valence-electron chi connectivity index (χ1n) is 12.5. The molecule has 3 aliphatic rings. The zero-order valence-corrected chi connectivity index (χ0v) is 20.0. The summed E-state index contributed by atoms with van der Waals surface area (Å²) in [5.74, 6) is -1.33. The Labute approximate surface area is 205 Å². The molecule has 1 heterocycles. The molecule has 1 saturated heterocycles. The molecule has 7 heteroatoms. The van der Waals surface area contributed by atoms with Gasteiger partial charge in [-0.25, -0.2) is 9.59 Å². The van der Waals surface area contributed by atoms with Gasteiger partial charge in [-0.2, -0.15) is 0 Å². The van der Waals surface area contributed by atoms with E-state index in [-0.39, 0.29) is 30.4 Å². The quantitative estimate of drug-likeness (QED) is 0.660. The molecule has 0 radical (unpaired) electrons. The van der Waals surface area contributed by atoms with E-state index >= 15 is 0 Å². The molecule has 7 nitrogen and oxygen atoms in total. The Balaban J connectivity index is 1.17. The maximum atomic E-state index is 13.2. The van der Waals surface area contributed by atoms with Gasteiger partial charge in [-0.1, -0.05) is 48.5 Å². The smallest absolute Gasteiger partial charge is 0.407 e. The lowest BCUT2D eigenvalue weighted by atomic mass is 9.87. The van der Waals surface area contributed by atoms with Crippen molar-refractivity contribution in [3.8, 4) is 11.1 Å². The van der Waals surface area contributed by atoms with Crippen molar-refractivity contribution in [3.05, 3.63) is 59.7 Å². The number of hydrogen-bond donors (Lipinski definition) is 2. The van der Waals surface area contributed by atoms with Crippen molar-refractivity contribution in [1.82, 2.24) is 10.2 Å². The van der Waals surface area contributed by atoms with Crippen LogP contribution in [0.4, 0.5) is 4.79 Å². The predicted octanol–water partition coefficient (Wildman–Crippen LogP) is 4.55. The van der Waals surface area contributed by atoms with E-state index in [2.05, 4.69) is 29.6 Å². The van der Waals surface area contributed by atoms with E-state index < -0.39 is 17.6 Å². The summed E-state index contributed by atoms with van der Waals surface area (Å²) in [6.07, 6.45) is 3.46. The van der Waals surface area contributed by atoms with E-state index in [0.717, 1.165) is 24.0 Å². The fraction of sp³-hybridized carbons (Fsp3) is 0.464. The number of alkyl carbamates (subject to hydrolysis) is 1. The van der Waals surface area contributed by atoms with Crippen molar-refractivity contribution >= 4 is 18.0 Å². The largest absolute Gasteiger partial charge is 0.480 e. The Kier molecular flexibility index (Phi) is 6.26. The summed E-state index contributed by atoms with van der Waals surface area (Å²) in [6, 6.07) is 16.3. The molecule has 35 heavy (non-hydrogen) atoms. The standard InChI is InChI=1S/C28H32N2O5/c1-28(26(32)33)14-6-7-15-30(28)25(31)18-12-13-19(16-18)29-27(34)35-17-24-22-10-4-2-8-20(22)21-9-3-5-11-23(21)24/h2-5,8-11,18-19,24H,6-7,12-17H2,1H3,(H,29,34)(H,32,33)/t18-,19+,28?/m1/s1.